The lowest BCUT2D eigenvalue weighted by atomic mass is 9.85. The number of fused-ring (bicyclic) bond motifs is 1. The summed E-state index contributed by atoms with van der Waals surface area (Å²) < 4.78 is 5.93. The van der Waals surface area contributed by atoms with E-state index < -0.39 is 65.1 Å². The summed E-state index contributed by atoms with van der Waals surface area (Å²) in [6.45, 7) is 13.6. The quantitative estimate of drug-likeness (QED) is 0.178. The van der Waals surface area contributed by atoms with E-state index in [1.165, 1.54) is 4.90 Å². The number of nitrogens with one attached hydrogen (secondary N) is 3. The second-order valence-electron chi connectivity index (χ2n) is 16.2. The normalized spacial score (nSPS) is 27.2. The fraction of sp³-hybridized carbons (Fsp3) is 0.818. The van der Waals surface area contributed by atoms with Crippen LogP contribution < -0.4 is 21.7 Å². The van der Waals surface area contributed by atoms with Crippen LogP contribution in [0.2, 0.25) is 0 Å². The summed E-state index contributed by atoms with van der Waals surface area (Å²) in [6.07, 6.45) is 5.53. The SMILES string of the molecule is CC(C)[C@H](NC(=O)N[C@H](C(=O)N1C[C@H]2[C@@H]([C@H]1C(=O)NC(C(=O)C(N)=O)C1CC1)C2(C)C)C(C)(C)C)C(=O)OC(C1CC1)C1CC1. The van der Waals surface area contributed by atoms with E-state index in [0.29, 0.717) is 31.2 Å². The number of hydrogen-bond donors (Lipinski definition) is 4. The maximum absolute atomic E-state index is 14.2. The number of Topliss-reactive ketones (excluding diaryl/α,β-unsaturated/α-hetero) is 1. The largest absolute Gasteiger partial charge is 0.460 e. The van der Waals surface area contributed by atoms with E-state index >= 15 is 0 Å². The summed E-state index contributed by atoms with van der Waals surface area (Å²) in [5.41, 5.74) is 4.34. The van der Waals surface area contributed by atoms with Gasteiger partial charge in [-0.2, -0.15) is 0 Å². The summed E-state index contributed by atoms with van der Waals surface area (Å²) >= 11 is 0. The lowest BCUT2D eigenvalue weighted by Gasteiger charge is -2.38. The van der Waals surface area contributed by atoms with Crippen molar-refractivity contribution < 1.29 is 33.5 Å². The number of amides is 5. The van der Waals surface area contributed by atoms with Crippen LogP contribution in [0.4, 0.5) is 4.79 Å². The third-order valence-electron chi connectivity index (χ3n) is 10.7. The number of urea groups is 1. The Hall–Kier alpha value is -3.18. The number of ketones is 1. The van der Waals surface area contributed by atoms with Crippen molar-refractivity contribution in [2.75, 3.05) is 6.54 Å². The monoisotopic (exact) mass is 629 g/mol. The summed E-state index contributed by atoms with van der Waals surface area (Å²) in [5, 5.41) is 8.34. The minimum atomic E-state index is -1.10. The molecular formula is C33H51N5O7. The summed E-state index contributed by atoms with van der Waals surface area (Å²) in [4.78, 5) is 80.4. The minimum absolute atomic E-state index is 0.0730. The van der Waals surface area contributed by atoms with Crippen molar-refractivity contribution in [2.24, 2.45) is 52.1 Å². The van der Waals surface area contributed by atoms with Gasteiger partial charge in [0.1, 0.15) is 30.3 Å². The number of carbonyl (C=O) groups is 6. The third kappa shape index (κ3) is 6.99. The highest BCUT2D eigenvalue weighted by molar-refractivity contribution is 6.38. The van der Waals surface area contributed by atoms with E-state index in [0.717, 1.165) is 25.7 Å². The maximum Gasteiger partial charge on any atom is 0.329 e. The van der Waals surface area contributed by atoms with Crippen LogP contribution in [-0.4, -0.2) is 77.2 Å². The second kappa shape index (κ2) is 11.9. The first-order chi connectivity index (χ1) is 20.9. The molecule has 12 nitrogen and oxygen atoms in total. The first kappa shape index (κ1) is 33.2. The Labute approximate surface area is 265 Å². The highest BCUT2D eigenvalue weighted by atomic mass is 16.5. The first-order valence-corrected chi connectivity index (χ1v) is 16.7. The van der Waals surface area contributed by atoms with E-state index in [9.17, 15) is 28.8 Å². The van der Waals surface area contributed by atoms with Crippen LogP contribution in [0, 0.1) is 46.3 Å². The van der Waals surface area contributed by atoms with Crippen LogP contribution in [-0.2, 0) is 28.7 Å². The molecule has 0 spiro atoms. The third-order valence-corrected chi connectivity index (χ3v) is 10.7. The molecule has 0 bridgehead atoms. The molecular weight excluding hydrogens is 578 g/mol. The van der Waals surface area contributed by atoms with Gasteiger partial charge in [-0.15, -0.1) is 0 Å². The highest BCUT2D eigenvalue weighted by Crippen LogP contribution is 2.65. The molecule has 5 rings (SSSR count). The van der Waals surface area contributed by atoms with Crippen LogP contribution in [0.5, 0.6) is 0 Å². The maximum atomic E-state index is 14.2. The Morgan fingerprint density at radius 1 is 0.867 bits per heavy atom. The predicted molar refractivity (Wildman–Crippen MR) is 164 cm³/mol. The van der Waals surface area contributed by atoms with Crippen molar-refractivity contribution in [3.8, 4) is 0 Å². The smallest absolute Gasteiger partial charge is 0.329 e. The molecule has 4 aliphatic carbocycles. The van der Waals surface area contributed by atoms with Crippen molar-refractivity contribution >= 4 is 35.5 Å². The van der Waals surface area contributed by atoms with Gasteiger partial charge in [0, 0.05) is 6.54 Å². The molecule has 1 heterocycles. The van der Waals surface area contributed by atoms with Crippen molar-refractivity contribution in [1.82, 2.24) is 20.9 Å². The first-order valence-electron chi connectivity index (χ1n) is 16.7. The molecule has 5 fully saturated rings. The lowest BCUT2D eigenvalue weighted by Crippen LogP contribution is -2.62. The van der Waals surface area contributed by atoms with Crippen molar-refractivity contribution in [3.63, 3.8) is 0 Å². The average Bonchev–Trinajstić information content (AvgIpc) is 3.76. The molecule has 0 aromatic heterocycles. The molecule has 4 saturated carbocycles. The zero-order valence-corrected chi connectivity index (χ0v) is 27.7. The second-order valence-corrected chi connectivity index (χ2v) is 16.2. The number of rotatable bonds is 13. The van der Waals surface area contributed by atoms with E-state index in [4.69, 9.17) is 10.5 Å². The predicted octanol–water partition coefficient (Wildman–Crippen LogP) is 1.89. The molecule has 6 atom stereocenters. The van der Waals surface area contributed by atoms with Gasteiger partial charge in [-0.3, -0.25) is 19.2 Å². The Bertz CT molecular complexity index is 1230. The van der Waals surface area contributed by atoms with Crippen LogP contribution >= 0.6 is 0 Å². The van der Waals surface area contributed by atoms with Gasteiger partial charge < -0.3 is 31.3 Å². The number of ether oxygens (including phenoxy) is 1. The number of likely N-dealkylation sites (tertiary alicyclic amines) is 1. The number of carbonyl (C=O) groups excluding carboxylic acids is 6. The molecule has 0 aromatic carbocycles. The number of esters is 1. The number of piperidine rings is 1. The minimum Gasteiger partial charge on any atom is -0.460 e. The zero-order valence-electron chi connectivity index (χ0n) is 27.7. The topological polar surface area (TPSA) is 177 Å². The molecule has 5 aliphatic rings. The number of nitrogens with two attached hydrogens (primary N) is 1. The van der Waals surface area contributed by atoms with Gasteiger partial charge in [-0.25, -0.2) is 9.59 Å². The average molecular weight is 630 g/mol. The van der Waals surface area contributed by atoms with Gasteiger partial charge in [-0.05, 0) is 84.9 Å². The van der Waals surface area contributed by atoms with E-state index in [1.807, 2.05) is 48.5 Å². The molecule has 250 valence electrons. The van der Waals surface area contributed by atoms with Gasteiger partial charge in [0.05, 0.1) is 0 Å². The highest BCUT2D eigenvalue weighted by Gasteiger charge is 2.70. The molecule has 0 aromatic rings. The fourth-order valence-corrected chi connectivity index (χ4v) is 7.29. The van der Waals surface area contributed by atoms with Crippen LogP contribution in [0.15, 0.2) is 0 Å². The molecule has 1 saturated heterocycles. The molecule has 1 unspecified atom stereocenters. The summed E-state index contributed by atoms with van der Waals surface area (Å²) in [7, 11) is 0. The Morgan fingerprint density at radius 3 is 1.89 bits per heavy atom. The van der Waals surface area contributed by atoms with Gasteiger partial charge in [0.2, 0.25) is 17.6 Å². The van der Waals surface area contributed by atoms with Crippen LogP contribution in [0.1, 0.15) is 87.0 Å². The Balaban J connectivity index is 1.29. The van der Waals surface area contributed by atoms with Gasteiger partial charge in [0.15, 0.2) is 0 Å². The summed E-state index contributed by atoms with van der Waals surface area (Å²) in [5.74, 6) is -2.95. The van der Waals surface area contributed by atoms with Gasteiger partial charge >= 0.3 is 12.0 Å². The lowest BCUT2D eigenvalue weighted by molar-refractivity contribution is -0.155. The van der Waals surface area contributed by atoms with Crippen molar-refractivity contribution in [1.29, 1.82) is 0 Å². The van der Waals surface area contributed by atoms with Crippen LogP contribution in [0.25, 0.3) is 0 Å². The van der Waals surface area contributed by atoms with E-state index in [2.05, 4.69) is 16.0 Å². The molecule has 5 amide bonds. The molecule has 12 heteroatoms. The Kier molecular flexibility index (Phi) is 8.76. The van der Waals surface area contributed by atoms with Crippen molar-refractivity contribution in [2.45, 2.75) is 117 Å². The number of hydrogen-bond acceptors (Lipinski definition) is 7. The van der Waals surface area contributed by atoms with Crippen molar-refractivity contribution in [3.05, 3.63) is 0 Å². The fourth-order valence-electron chi connectivity index (χ4n) is 7.29. The Morgan fingerprint density at radius 2 is 1.42 bits per heavy atom. The molecule has 1 aliphatic heterocycles. The summed E-state index contributed by atoms with van der Waals surface area (Å²) in [6, 6.07) is -4.45. The molecule has 45 heavy (non-hydrogen) atoms. The van der Waals surface area contributed by atoms with Crippen LogP contribution in [0.3, 0.4) is 0 Å². The number of primary amides is 1. The standard InChI is InChI=1S/C33H51N5O7/c1-15(2)21(30(43)45-25(17-10-11-17)18-12-13-18)36-31(44)37-26(32(3,4)5)29(42)38-14-19-20(33(19,6)7)23(38)28(41)35-22(16-8-9-16)24(39)27(34)40/h15-23,25-26H,8-14H2,1-7H3,(H2,34,40)(H,35,41)(H2,36,37,44)/t19-,20-,21-,22?,23-,26+/m0/s1. The van der Waals surface area contributed by atoms with E-state index in [-0.39, 0.29) is 35.2 Å². The molecule has 0 radical (unpaired) electrons. The number of nitrogens with zero attached hydrogens (tertiary/aromatic N) is 1. The zero-order chi connectivity index (χ0) is 33.2. The van der Waals surface area contributed by atoms with Gasteiger partial charge in [-0.1, -0.05) is 48.5 Å². The molecule has 5 N–H and O–H groups in total. The van der Waals surface area contributed by atoms with Gasteiger partial charge in [0.25, 0.3) is 5.91 Å². The van der Waals surface area contributed by atoms with E-state index in [1.54, 1.807) is 0 Å².